The summed E-state index contributed by atoms with van der Waals surface area (Å²) in [6.07, 6.45) is 2.70. The van der Waals surface area contributed by atoms with Gasteiger partial charge in [0.05, 0.1) is 6.61 Å². The van der Waals surface area contributed by atoms with Crippen LogP contribution in [0.15, 0.2) is 24.3 Å². The first kappa shape index (κ1) is 14.5. The Hall–Kier alpha value is -1.46. The van der Waals surface area contributed by atoms with Gasteiger partial charge in [-0.05, 0) is 25.3 Å². The summed E-state index contributed by atoms with van der Waals surface area (Å²) in [5, 5.41) is 3.17. The third-order valence-corrected chi connectivity index (χ3v) is 4.30. The Bertz CT molecular complexity index is 499. The maximum Gasteiger partial charge on any atom is 0.253 e. The van der Waals surface area contributed by atoms with E-state index >= 15 is 0 Å². The Morgan fingerprint density at radius 2 is 2.19 bits per heavy atom. The van der Waals surface area contributed by atoms with E-state index < -0.39 is 6.10 Å². The van der Waals surface area contributed by atoms with Gasteiger partial charge in [-0.1, -0.05) is 18.2 Å². The minimum absolute atomic E-state index is 0.0184. The van der Waals surface area contributed by atoms with Gasteiger partial charge in [0, 0.05) is 31.2 Å². The van der Waals surface area contributed by atoms with Gasteiger partial charge in [-0.15, -0.1) is 0 Å². The number of benzene rings is 1. The second-order valence-electron chi connectivity index (χ2n) is 5.71. The molecule has 1 saturated carbocycles. The number of carbonyl (C=O) groups excluding carboxylic acids is 1. The van der Waals surface area contributed by atoms with E-state index in [2.05, 4.69) is 5.32 Å². The molecule has 0 unspecified atom stereocenters. The summed E-state index contributed by atoms with van der Waals surface area (Å²) >= 11 is 0. The van der Waals surface area contributed by atoms with Crippen LogP contribution in [0.2, 0.25) is 0 Å². The molecule has 4 nitrogen and oxygen atoms in total. The van der Waals surface area contributed by atoms with Crippen LogP contribution in [-0.2, 0) is 16.1 Å². The van der Waals surface area contributed by atoms with E-state index in [0.29, 0.717) is 25.3 Å². The van der Waals surface area contributed by atoms with E-state index in [0.717, 1.165) is 25.8 Å². The molecular weight excluding hydrogens is 271 g/mol. The Morgan fingerprint density at radius 3 is 2.81 bits per heavy atom. The van der Waals surface area contributed by atoms with Crippen LogP contribution in [0.3, 0.4) is 0 Å². The van der Waals surface area contributed by atoms with Crippen molar-refractivity contribution in [1.29, 1.82) is 0 Å². The molecule has 3 rings (SSSR count). The van der Waals surface area contributed by atoms with Gasteiger partial charge >= 0.3 is 0 Å². The zero-order valence-corrected chi connectivity index (χ0v) is 12.1. The molecule has 1 aliphatic carbocycles. The van der Waals surface area contributed by atoms with Crippen molar-refractivity contribution in [3.05, 3.63) is 35.6 Å². The number of hydrogen-bond acceptors (Lipinski definition) is 3. The van der Waals surface area contributed by atoms with Gasteiger partial charge in [-0.3, -0.25) is 4.79 Å². The third-order valence-electron chi connectivity index (χ3n) is 4.30. The van der Waals surface area contributed by atoms with Crippen LogP contribution in [-0.4, -0.2) is 42.6 Å². The predicted octanol–water partition coefficient (Wildman–Crippen LogP) is 1.70. The summed E-state index contributed by atoms with van der Waals surface area (Å²) in [7, 11) is 0. The lowest BCUT2D eigenvalue weighted by Gasteiger charge is -2.40. The summed E-state index contributed by atoms with van der Waals surface area (Å²) in [6.45, 7) is 2.20. The van der Waals surface area contributed by atoms with Crippen molar-refractivity contribution in [2.24, 2.45) is 0 Å². The van der Waals surface area contributed by atoms with Gasteiger partial charge in [0.1, 0.15) is 11.9 Å². The Labute approximate surface area is 124 Å². The number of amides is 1. The molecule has 21 heavy (non-hydrogen) atoms. The molecule has 1 aliphatic heterocycles. The number of halogens is 1. The van der Waals surface area contributed by atoms with Crippen molar-refractivity contribution in [3.63, 3.8) is 0 Å². The van der Waals surface area contributed by atoms with Gasteiger partial charge in [0.2, 0.25) is 0 Å². The topological polar surface area (TPSA) is 41.6 Å². The molecule has 1 amide bonds. The quantitative estimate of drug-likeness (QED) is 0.918. The van der Waals surface area contributed by atoms with Crippen molar-refractivity contribution in [3.8, 4) is 0 Å². The van der Waals surface area contributed by atoms with E-state index in [1.54, 1.807) is 23.1 Å². The van der Waals surface area contributed by atoms with Crippen molar-refractivity contribution in [1.82, 2.24) is 10.2 Å². The number of ether oxygens (including phenoxy) is 1. The second-order valence-corrected chi connectivity index (χ2v) is 5.71. The number of hydrogen-bond donors (Lipinski definition) is 1. The number of nitrogens with one attached hydrogen (secondary N) is 1. The zero-order chi connectivity index (χ0) is 14.7. The van der Waals surface area contributed by atoms with Gasteiger partial charge in [-0.2, -0.15) is 0 Å². The fourth-order valence-corrected chi connectivity index (χ4v) is 2.80. The Kier molecular flexibility index (Phi) is 4.51. The summed E-state index contributed by atoms with van der Waals surface area (Å²) in [5.41, 5.74) is 0.571. The molecule has 0 bridgehead atoms. The van der Waals surface area contributed by atoms with Gasteiger partial charge in [-0.25, -0.2) is 4.39 Å². The monoisotopic (exact) mass is 292 g/mol. The first-order valence-corrected chi connectivity index (χ1v) is 7.62. The predicted molar refractivity (Wildman–Crippen MR) is 77.2 cm³/mol. The average Bonchev–Trinajstić information content (AvgIpc) is 2.47. The molecule has 0 spiro atoms. The van der Waals surface area contributed by atoms with E-state index in [1.165, 1.54) is 6.07 Å². The van der Waals surface area contributed by atoms with Gasteiger partial charge < -0.3 is 15.0 Å². The van der Waals surface area contributed by atoms with Crippen LogP contribution in [0.25, 0.3) is 0 Å². The number of morpholine rings is 1. The highest BCUT2D eigenvalue weighted by Crippen LogP contribution is 2.27. The maximum atomic E-state index is 13.9. The summed E-state index contributed by atoms with van der Waals surface area (Å²) in [6, 6.07) is 6.89. The fraction of sp³-hybridized carbons (Fsp3) is 0.562. The van der Waals surface area contributed by atoms with Crippen LogP contribution in [0.5, 0.6) is 0 Å². The molecular formula is C16H21FN2O2. The highest BCUT2D eigenvalue weighted by molar-refractivity contribution is 5.81. The van der Waals surface area contributed by atoms with Crippen LogP contribution < -0.4 is 5.32 Å². The summed E-state index contributed by atoms with van der Waals surface area (Å²) in [5.74, 6) is -0.271. The second kappa shape index (κ2) is 6.54. The van der Waals surface area contributed by atoms with E-state index in [1.807, 2.05) is 0 Å². The molecule has 1 saturated heterocycles. The first-order valence-electron chi connectivity index (χ1n) is 7.62. The molecule has 1 atom stereocenters. The molecule has 2 fully saturated rings. The van der Waals surface area contributed by atoms with Gasteiger partial charge in [0.25, 0.3) is 5.91 Å². The number of carbonyl (C=O) groups is 1. The normalized spacial score (nSPS) is 22.6. The van der Waals surface area contributed by atoms with E-state index in [4.69, 9.17) is 4.74 Å². The molecule has 1 aromatic carbocycles. The minimum Gasteiger partial charge on any atom is -0.366 e. The average molecular weight is 292 g/mol. The smallest absolute Gasteiger partial charge is 0.253 e. The summed E-state index contributed by atoms with van der Waals surface area (Å²) in [4.78, 5) is 14.5. The molecule has 1 N–H and O–H groups in total. The molecule has 1 aromatic rings. The highest BCUT2D eigenvalue weighted by atomic mass is 19.1. The lowest BCUT2D eigenvalue weighted by molar-refractivity contribution is -0.150. The van der Waals surface area contributed by atoms with Gasteiger partial charge in [0.15, 0.2) is 0 Å². The fourth-order valence-electron chi connectivity index (χ4n) is 2.80. The summed E-state index contributed by atoms with van der Waals surface area (Å²) < 4.78 is 19.4. The van der Waals surface area contributed by atoms with Crippen LogP contribution in [0.1, 0.15) is 24.8 Å². The first-order chi connectivity index (χ1) is 10.3. The zero-order valence-electron chi connectivity index (χ0n) is 12.1. The highest BCUT2D eigenvalue weighted by Gasteiger charge is 2.34. The molecule has 5 heteroatoms. The van der Waals surface area contributed by atoms with Crippen molar-refractivity contribution >= 4 is 5.91 Å². The molecule has 1 heterocycles. The van der Waals surface area contributed by atoms with Crippen LogP contribution >= 0.6 is 0 Å². The number of nitrogens with zero attached hydrogens (tertiary/aromatic N) is 1. The lowest BCUT2D eigenvalue weighted by atomic mass is 9.90. The van der Waals surface area contributed by atoms with Crippen LogP contribution in [0.4, 0.5) is 4.39 Å². The van der Waals surface area contributed by atoms with E-state index in [9.17, 15) is 9.18 Å². The third kappa shape index (κ3) is 3.24. The molecule has 0 radical (unpaired) electrons. The van der Waals surface area contributed by atoms with Crippen LogP contribution in [0, 0.1) is 5.82 Å². The lowest BCUT2D eigenvalue weighted by Crippen LogP contribution is -2.53. The minimum atomic E-state index is -0.439. The van der Waals surface area contributed by atoms with Crippen molar-refractivity contribution < 1.29 is 13.9 Å². The molecule has 0 aromatic heterocycles. The van der Waals surface area contributed by atoms with E-state index in [-0.39, 0.29) is 17.8 Å². The van der Waals surface area contributed by atoms with Crippen molar-refractivity contribution in [2.45, 2.75) is 38.0 Å². The Balaban J connectivity index is 1.74. The number of rotatable bonds is 4. The standard InChI is InChI=1S/C16H21FN2O2/c17-14-7-2-1-4-12(14)11-19(13-5-3-6-13)16(20)15-10-18-8-9-21-15/h1-2,4,7,13,15,18H,3,5-6,8-11H2/t15-/m1/s1. The van der Waals surface area contributed by atoms with Crippen molar-refractivity contribution in [2.75, 3.05) is 19.7 Å². The SMILES string of the molecule is O=C([C@H]1CNCCO1)N(Cc1ccccc1F)C1CCC1. The Morgan fingerprint density at radius 1 is 1.38 bits per heavy atom. The largest absolute Gasteiger partial charge is 0.366 e. The molecule has 2 aliphatic rings. The molecule has 114 valence electrons. The maximum absolute atomic E-state index is 13.9.